The van der Waals surface area contributed by atoms with Crippen LogP contribution in [0.2, 0.25) is 0 Å². The second-order valence-electron chi connectivity index (χ2n) is 3.77. The zero-order chi connectivity index (χ0) is 10.0. The number of halogens is 1. The predicted molar refractivity (Wildman–Crippen MR) is 58.0 cm³/mol. The smallest absolute Gasteiger partial charge is 0.0908 e. The third kappa shape index (κ3) is 2.13. The number of hydrogen-bond donors (Lipinski definition) is 1. The number of pyridine rings is 1. The topological polar surface area (TPSA) is 34.1 Å². The van der Waals surface area contributed by atoms with E-state index in [1.807, 2.05) is 12.1 Å². The summed E-state index contributed by atoms with van der Waals surface area (Å²) in [6, 6.07) is 3.88. The van der Waals surface area contributed by atoms with Gasteiger partial charge in [-0.3, -0.25) is 4.98 Å². The van der Waals surface area contributed by atoms with Crippen LogP contribution in [0.25, 0.3) is 0 Å². The van der Waals surface area contributed by atoms with Gasteiger partial charge in [0.05, 0.1) is 17.9 Å². The summed E-state index contributed by atoms with van der Waals surface area (Å²) in [6.07, 6.45) is 1.78. The van der Waals surface area contributed by atoms with Gasteiger partial charge in [0.25, 0.3) is 0 Å². The van der Waals surface area contributed by atoms with Crippen LogP contribution >= 0.6 is 15.9 Å². The zero-order valence-corrected chi connectivity index (χ0v) is 9.67. The summed E-state index contributed by atoms with van der Waals surface area (Å²) in [5, 5.41) is 3.20. The lowest BCUT2D eigenvalue weighted by atomic mass is 10.0. The number of hydrogen-bond acceptors (Lipinski definition) is 3. The Balaban J connectivity index is 1.95. The average Bonchev–Trinajstić information content (AvgIpc) is 2.14. The second-order valence-corrected chi connectivity index (χ2v) is 4.63. The van der Waals surface area contributed by atoms with Crippen LogP contribution in [0.15, 0.2) is 22.8 Å². The van der Waals surface area contributed by atoms with E-state index in [0.717, 1.165) is 23.3 Å². The Morgan fingerprint density at radius 3 is 3.00 bits per heavy atom. The van der Waals surface area contributed by atoms with Crippen LogP contribution in [0.4, 0.5) is 0 Å². The molecule has 0 aliphatic carbocycles. The molecule has 3 nitrogen and oxygen atoms in total. The van der Waals surface area contributed by atoms with Crippen molar-refractivity contribution in [2.24, 2.45) is 0 Å². The van der Waals surface area contributed by atoms with E-state index in [4.69, 9.17) is 4.74 Å². The van der Waals surface area contributed by atoms with Crippen LogP contribution in [0.5, 0.6) is 0 Å². The first-order chi connectivity index (χ1) is 6.70. The summed E-state index contributed by atoms with van der Waals surface area (Å²) < 4.78 is 6.79. The average molecular weight is 257 g/mol. The number of nitrogens with one attached hydrogen (secondary N) is 1. The van der Waals surface area contributed by atoms with Gasteiger partial charge in [-0.15, -0.1) is 0 Å². The summed E-state index contributed by atoms with van der Waals surface area (Å²) in [5.74, 6) is 0. The summed E-state index contributed by atoms with van der Waals surface area (Å²) in [7, 11) is 0. The quantitative estimate of drug-likeness (QED) is 0.895. The lowest BCUT2D eigenvalue weighted by molar-refractivity contribution is -0.0780. The Morgan fingerprint density at radius 1 is 1.64 bits per heavy atom. The molecule has 0 spiro atoms. The fraction of sp³-hybridized carbons (Fsp3) is 0.500. The van der Waals surface area contributed by atoms with Gasteiger partial charge < -0.3 is 10.1 Å². The molecular formula is C10H13BrN2O. The SMILES string of the molecule is CC1(OCc2ncccc2Br)CNC1. The van der Waals surface area contributed by atoms with Crippen molar-refractivity contribution in [2.45, 2.75) is 19.1 Å². The van der Waals surface area contributed by atoms with E-state index >= 15 is 0 Å². The highest BCUT2D eigenvalue weighted by molar-refractivity contribution is 9.10. The molecule has 76 valence electrons. The molecule has 0 bridgehead atoms. The molecule has 0 amide bonds. The van der Waals surface area contributed by atoms with Crippen LogP contribution in [0.1, 0.15) is 12.6 Å². The molecule has 1 N–H and O–H groups in total. The summed E-state index contributed by atoms with van der Waals surface area (Å²) in [4.78, 5) is 4.25. The predicted octanol–water partition coefficient (Wildman–Crippen LogP) is 1.72. The highest BCUT2D eigenvalue weighted by Crippen LogP contribution is 2.20. The molecule has 2 heterocycles. The first kappa shape index (κ1) is 10.1. The molecule has 1 aromatic rings. The van der Waals surface area contributed by atoms with Gasteiger partial charge >= 0.3 is 0 Å². The fourth-order valence-corrected chi connectivity index (χ4v) is 1.72. The maximum atomic E-state index is 5.78. The molecule has 0 atom stereocenters. The van der Waals surface area contributed by atoms with E-state index in [1.54, 1.807) is 6.20 Å². The van der Waals surface area contributed by atoms with Crippen molar-refractivity contribution in [3.63, 3.8) is 0 Å². The lowest BCUT2D eigenvalue weighted by Crippen LogP contribution is -2.58. The third-order valence-electron chi connectivity index (χ3n) is 2.39. The Bertz CT molecular complexity index is 326. The van der Waals surface area contributed by atoms with Gasteiger partial charge in [-0.1, -0.05) is 0 Å². The molecule has 0 aromatic carbocycles. The maximum absolute atomic E-state index is 5.78. The summed E-state index contributed by atoms with van der Waals surface area (Å²) >= 11 is 3.45. The molecule has 1 fully saturated rings. The molecule has 0 saturated carbocycles. The van der Waals surface area contributed by atoms with Crippen molar-refractivity contribution in [3.8, 4) is 0 Å². The molecule has 1 saturated heterocycles. The molecule has 1 aliphatic rings. The van der Waals surface area contributed by atoms with Crippen LogP contribution in [-0.4, -0.2) is 23.7 Å². The van der Waals surface area contributed by atoms with Gasteiger partial charge in [0, 0.05) is 23.8 Å². The number of aromatic nitrogens is 1. The zero-order valence-electron chi connectivity index (χ0n) is 8.09. The van der Waals surface area contributed by atoms with Crippen molar-refractivity contribution in [3.05, 3.63) is 28.5 Å². The van der Waals surface area contributed by atoms with Crippen LogP contribution in [0, 0.1) is 0 Å². The minimum atomic E-state index is -0.00301. The van der Waals surface area contributed by atoms with Gasteiger partial charge in [0.1, 0.15) is 0 Å². The fourth-order valence-electron chi connectivity index (χ4n) is 1.35. The van der Waals surface area contributed by atoms with Gasteiger partial charge in [0.2, 0.25) is 0 Å². The molecule has 2 rings (SSSR count). The molecule has 1 aromatic heterocycles. The van der Waals surface area contributed by atoms with E-state index in [0.29, 0.717) is 6.61 Å². The monoisotopic (exact) mass is 256 g/mol. The van der Waals surface area contributed by atoms with Crippen molar-refractivity contribution in [1.82, 2.24) is 10.3 Å². The molecule has 14 heavy (non-hydrogen) atoms. The van der Waals surface area contributed by atoms with Crippen molar-refractivity contribution >= 4 is 15.9 Å². The minimum absolute atomic E-state index is 0.00301. The first-order valence-electron chi connectivity index (χ1n) is 4.64. The van der Waals surface area contributed by atoms with E-state index in [9.17, 15) is 0 Å². The van der Waals surface area contributed by atoms with Crippen LogP contribution < -0.4 is 5.32 Å². The molecular weight excluding hydrogens is 244 g/mol. The van der Waals surface area contributed by atoms with Gasteiger partial charge in [-0.2, -0.15) is 0 Å². The molecule has 0 unspecified atom stereocenters. The Hall–Kier alpha value is -0.450. The van der Waals surface area contributed by atoms with Crippen molar-refractivity contribution in [1.29, 1.82) is 0 Å². The van der Waals surface area contributed by atoms with Crippen molar-refractivity contribution < 1.29 is 4.74 Å². The second kappa shape index (κ2) is 3.96. The van der Waals surface area contributed by atoms with E-state index in [-0.39, 0.29) is 5.60 Å². The van der Waals surface area contributed by atoms with Crippen LogP contribution in [-0.2, 0) is 11.3 Å². The highest BCUT2D eigenvalue weighted by atomic mass is 79.9. The van der Waals surface area contributed by atoms with E-state index < -0.39 is 0 Å². The lowest BCUT2D eigenvalue weighted by Gasteiger charge is -2.39. The highest BCUT2D eigenvalue weighted by Gasteiger charge is 2.32. The van der Waals surface area contributed by atoms with Gasteiger partial charge in [-0.25, -0.2) is 0 Å². The van der Waals surface area contributed by atoms with Gasteiger partial charge in [-0.05, 0) is 35.0 Å². The van der Waals surface area contributed by atoms with E-state index in [1.165, 1.54) is 0 Å². The third-order valence-corrected chi connectivity index (χ3v) is 3.11. The number of rotatable bonds is 3. The molecule has 4 heteroatoms. The summed E-state index contributed by atoms with van der Waals surface area (Å²) in [5.41, 5.74) is 0.956. The normalized spacial score (nSPS) is 19.0. The van der Waals surface area contributed by atoms with Crippen LogP contribution in [0.3, 0.4) is 0 Å². The maximum Gasteiger partial charge on any atom is 0.0908 e. The molecule has 1 aliphatic heterocycles. The first-order valence-corrected chi connectivity index (χ1v) is 5.43. The van der Waals surface area contributed by atoms with E-state index in [2.05, 4.69) is 33.2 Å². The largest absolute Gasteiger partial charge is 0.366 e. The Kier molecular flexibility index (Phi) is 2.85. The summed E-state index contributed by atoms with van der Waals surface area (Å²) in [6.45, 7) is 4.54. The Morgan fingerprint density at radius 2 is 2.43 bits per heavy atom. The number of ether oxygens (including phenoxy) is 1. The Labute approximate surface area is 92.0 Å². The molecule has 0 radical (unpaired) electrons. The minimum Gasteiger partial charge on any atom is -0.366 e. The number of nitrogens with zero attached hydrogens (tertiary/aromatic N) is 1. The van der Waals surface area contributed by atoms with Gasteiger partial charge in [0.15, 0.2) is 0 Å². The standard InChI is InChI=1S/C10H13BrN2O/c1-10(6-12-7-10)14-5-9-8(11)3-2-4-13-9/h2-4,12H,5-7H2,1H3. The van der Waals surface area contributed by atoms with Crippen molar-refractivity contribution in [2.75, 3.05) is 13.1 Å².